The van der Waals surface area contributed by atoms with Crippen LogP contribution in [0.3, 0.4) is 0 Å². The van der Waals surface area contributed by atoms with E-state index < -0.39 is 5.60 Å². The average molecular weight is 305 g/mol. The standard InChI is InChI=1S/C19H31NO2/c1-3-19(21,4-2)17-9-11-18(12-10-17)22-16-8-15-20-13-6-5-7-14-20/h9-12,21H,3-8,13-16H2,1-2H3. The van der Waals surface area contributed by atoms with E-state index >= 15 is 0 Å². The number of likely N-dealkylation sites (tertiary alicyclic amines) is 1. The lowest BCUT2D eigenvalue weighted by Crippen LogP contribution is -2.31. The molecule has 3 heteroatoms. The predicted octanol–water partition coefficient (Wildman–Crippen LogP) is 3.95. The zero-order valence-electron chi connectivity index (χ0n) is 14.2. The third kappa shape index (κ3) is 4.72. The Morgan fingerprint density at radius 1 is 1.05 bits per heavy atom. The van der Waals surface area contributed by atoms with Crippen molar-refractivity contribution in [3.8, 4) is 5.75 Å². The van der Waals surface area contributed by atoms with Crippen LogP contribution in [-0.2, 0) is 5.60 Å². The first-order valence-corrected chi connectivity index (χ1v) is 8.86. The van der Waals surface area contributed by atoms with Crippen molar-refractivity contribution < 1.29 is 9.84 Å². The van der Waals surface area contributed by atoms with Crippen LogP contribution in [0, 0.1) is 0 Å². The number of benzene rings is 1. The van der Waals surface area contributed by atoms with Gasteiger partial charge in [0.05, 0.1) is 12.2 Å². The van der Waals surface area contributed by atoms with E-state index in [-0.39, 0.29) is 0 Å². The molecule has 0 atom stereocenters. The lowest BCUT2D eigenvalue weighted by molar-refractivity contribution is 0.0283. The Labute approximate surface area is 135 Å². The van der Waals surface area contributed by atoms with Crippen LogP contribution in [-0.4, -0.2) is 36.2 Å². The Hall–Kier alpha value is -1.06. The van der Waals surface area contributed by atoms with E-state index in [1.54, 1.807) is 0 Å². The second-order valence-corrected chi connectivity index (χ2v) is 6.37. The van der Waals surface area contributed by atoms with Gasteiger partial charge in [-0.3, -0.25) is 0 Å². The van der Waals surface area contributed by atoms with Crippen LogP contribution < -0.4 is 4.74 Å². The normalized spacial score (nSPS) is 16.7. The Morgan fingerprint density at radius 2 is 1.68 bits per heavy atom. The molecule has 0 unspecified atom stereocenters. The van der Waals surface area contributed by atoms with Gasteiger partial charge in [0.15, 0.2) is 0 Å². The fraction of sp³-hybridized carbons (Fsp3) is 0.684. The predicted molar refractivity (Wildman–Crippen MR) is 91.3 cm³/mol. The van der Waals surface area contributed by atoms with Gasteiger partial charge in [0.1, 0.15) is 5.75 Å². The van der Waals surface area contributed by atoms with Crippen LogP contribution in [0.5, 0.6) is 5.75 Å². The molecule has 3 nitrogen and oxygen atoms in total. The van der Waals surface area contributed by atoms with Crippen LogP contribution >= 0.6 is 0 Å². The van der Waals surface area contributed by atoms with Gasteiger partial charge in [-0.15, -0.1) is 0 Å². The lowest BCUT2D eigenvalue weighted by Gasteiger charge is -2.26. The van der Waals surface area contributed by atoms with Gasteiger partial charge in [-0.05, 0) is 62.9 Å². The number of piperidine rings is 1. The molecule has 1 N–H and O–H groups in total. The highest BCUT2D eigenvalue weighted by Gasteiger charge is 2.24. The molecule has 1 aromatic rings. The summed E-state index contributed by atoms with van der Waals surface area (Å²) in [6.45, 7) is 8.46. The maximum Gasteiger partial charge on any atom is 0.119 e. The van der Waals surface area contributed by atoms with Gasteiger partial charge in [0.2, 0.25) is 0 Å². The third-order valence-corrected chi connectivity index (χ3v) is 4.90. The molecule has 0 radical (unpaired) electrons. The molecule has 1 aliphatic heterocycles. The number of hydrogen-bond acceptors (Lipinski definition) is 3. The number of ether oxygens (including phenoxy) is 1. The van der Waals surface area contributed by atoms with Crippen LogP contribution in [0.25, 0.3) is 0 Å². The summed E-state index contributed by atoms with van der Waals surface area (Å²) in [5.74, 6) is 0.900. The van der Waals surface area contributed by atoms with Crippen LogP contribution in [0.4, 0.5) is 0 Å². The molecule has 0 saturated carbocycles. The van der Waals surface area contributed by atoms with Gasteiger partial charge in [-0.1, -0.05) is 32.4 Å². The minimum absolute atomic E-state index is 0.702. The van der Waals surface area contributed by atoms with Crippen molar-refractivity contribution in [1.29, 1.82) is 0 Å². The largest absolute Gasteiger partial charge is 0.494 e. The number of rotatable bonds is 8. The molecule has 1 aliphatic rings. The molecule has 124 valence electrons. The number of aliphatic hydroxyl groups is 1. The smallest absolute Gasteiger partial charge is 0.119 e. The molecule has 1 saturated heterocycles. The lowest BCUT2D eigenvalue weighted by atomic mass is 9.89. The van der Waals surface area contributed by atoms with Crippen molar-refractivity contribution in [2.75, 3.05) is 26.2 Å². The van der Waals surface area contributed by atoms with Gasteiger partial charge < -0.3 is 14.7 Å². The summed E-state index contributed by atoms with van der Waals surface area (Å²) in [6.07, 6.45) is 6.63. The molecule has 0 spiro atoms. The molecule has 0 bridgehead atoms. The van der Waals surface area contributed by atoms with Crippen molar-refractivity contribution >= 4 is 0 Å². The number of hydrogen-bond donors (Lipinski definition) is 1. The number of nitrogens with zero attached hydrogens (tertiary/aromatic N) is 1. The molecule has 1 heterocycles. The quantitative estimate of drug-likeness (QED) is 0.738. The van der Waals surface area contributed by atoms with Crippen molar-refractivity contribution in [2.45, 2.75) is 58.0 Å². The summed E-state index contributed by atoms with van der Waals surface area (Å²) < 4.78 is 5.82. The van der Waals surface area contributed by atoms with E-state index in [1.165, 1.54) is 32.4 Å². The molecule has 0 aliphatic carbocycles. The van der Waals surface area contributed by atoms with E-state index in [1.807, 2.05) is 38.1 Å². The van der Waals surface area contributed by atoms with Crippen molar-refractivity contribution in [2.24, 2.45) is 0 Å². The second-order valence-electron chi connectivity index (χ2n) is 6.37. The maximum atomic E-state index is 10.5. The SMILES string of the molecule is CCC(O)(CC)c1ccc(OCCCN2CCCCC2)cc1. The van der Waals surface area contributed by atoms with Gasteiger partial charge in [0, 0.05) is 6.54 Å². The monoisotopic (exact) mass is 305 g/mol. The first kappa shape index (κ1) is 17.3. The molecular formula is C19H31NO2. The molecule has 1 aromatic carbocycles. The van der Waals surface area contributed by atoms with Crippen LogP contribution in [0.15, 0.2) is 24.3 Å². The van der Waals surface area contributed by atoms with Crippen LogP contribution in [0.1, 0.15) is 57.9 Å². The van der Waals surface area contributed by atoms with Gasteiger partial charge in [-0.25, -0.2) is 0 Å². The summed E-state index contributed by atoms with van der Waals surface area (Å²) in [4.78, 5) is 2.54. The minimum Gasteiger partial charge on any atom is -0.494 e. The first-order chi connectivity index (χ1) is 10.7. The molecule has 22 heavy (non-hydrogen) atoms. The molecular weight excluding hydrogens is 274 g/mol. The summed E-state index contributed by atoms with van der Waals surface area (Å²) in [5.41, 5.74) is 0.283. The average Bonchev–Trinajstić information content (AvgIpc) is 2.59. The molecule has 0 aromatic heterocycles. The zero-order valence-corrected chi connectivity index (χ0v) is 14.2. The molecule has 1 fully saturated rings. The summed E-state index contributed by atoms with van der Waals surface area (Å²) >= 11 is 0. The first-order valence-electron chi connectivity index (χ1n) is 8.86. The Kier molecular flexibility index (Phi) is 6.71. The highest BCUT2D eigenvalue weighted by molar-refractivity contribution is 5.30. The summed E-state index contributed by atoms with van der Waals surface area (Å²) in [7, 11) is 0. The highest BCUT2D eigenvalue weighted by atomic mass is 16.5. The Morgan fingerprint density at radius 3 is 2.27 bits per heavy atom. The Balaban J connectivity index is 1.74. The topological polar surface area (TPSA) is 32.7 Å². The van der Waals surface area contributed by atoms with Gasteiger partial charge in [0.25, 0.3) is 0 Å². The second kappa shape index (κ2) is 8.54. The van der Waals surface area contributed by atoms with E-state index in [2.05, 4.69) is 4.90 Å². The fourth-order valence-corrected chi connectivity index (χ4v) is 3.18. The van der Waals surface area contributed by atoms with E-state index in [0.717, 1.165) is 43.7 Å². The molecule has 2 rings (SSSR count). The summed E-state index contributed by atoms with van der Waals surface area (Å²) in [5, 5.41) is 10.5. The zero-order chi connectivity index (χ0) is 15.8. The van der Waals surface area contributed by atoms with Crippen molar-refractivity contribution in [3.05, 3.63) is 29.8 Å². The third-order valence-electron chi connectivity index (χ3n) is 4.90. The Bertz CT molecular complexity index is 420. The van der Waals surface area contributed by atoms with Gasteiger partial charge in [-0.2, -0.15) is 0 Å². The van der Waals surface area contributed by atoms with E-state index in [0.29, 0.717) is 0 Å². The maximum absolute atomic E-state index is 10.5. The van der Waals surface area contributed by atoms with Crippen LogP contribution in [0.2, 0.25) is 0 Å². The fourth-order valence-electron chi connectivity index (χ4n) is 3.18. The highest BCUT2D eigenvalue weighted by Crippen LogP contribution is 2.29. The van der Waals surface area contributed by atoms with Crippen molar-refractivity contribution in [1.82, 2.24) is 4.90 Å². The van der Waals surface area contributed by atoms with E-state index in [9.17, 15) is 5.11 Å². The van der Waals surface area contributed by atoms with Crippen molar-refractivity contribution in [3.63, 3.8) is 0 Å². The summed E-state index contributed by atoms with van der Waals surface area (Å²) in [6, 6.07) is 7.94. The molecule has 0 amide bonds. The minimum atomic E-state index is -0.702. The van der Waals surface area contributed by atoms with Gasteiger partial charge >= 0.3 is 0 Å². The van der Waals surface area contributed by atoms with E-state index in [4.69, 9.17) is 4.74 Å².